The van der Waals surface area contributed by atoms with Crippen LogP contribution in [0.15, 0.2) is 0 Å². The van der Waals surface area contributed by atoms with Gasteiger partial charge >= 0.3 is 0 Å². The van der Waals surface area contributed by atoms with Gasteiger partial charge in [-0.15, -0.1) is 0 Å². The Bertz CT molecular complexity index is 607. The smallest absolute Gasteiger partial charge is 0.0782 e. The number of halogens is 1. The lowest BCUT2D eigenvalue weighted by atomic mass is 10.0. The molecule has 0 aromatic carbocycles. The fourth-order valence-electron chi connectivity index (χ4n) is 9.12. The van der Waals surface area contributed by atoms with Gasteiger partial charge in [-0.05, 0) is 25.7 Å². The summed E-state index contributed by atoms with van der Waals surface area (Å²) in [5.41, 5.74) is 0. The molecule has 2 heteroatoms. The summed E-state index contributed by atoms with van der Waals surface area (Å²) >= 11 is 0. The van der Waals surface area contributed by atoms with Crippen molar-refractivity contribution >= 4 is 0 Å². The summed E-state index contributed by atoms with van der Waals surface area (Å²) in [5, 5.41) is 0. The number of hydrogen-bond acceptors (Lipinski definition) is 0. The lowest BCUT2D eigenvalue weighted by molar-refractivity contribution is -0.890. The van der Waals surface area contributed by atoms with E-state index in [2.05, 4.69) is 27.9 Å². The summed E-state index contributed by atoms with van der Waals surface area (Å²) in [4.78, 5) is 0. The molecule has 0 saturated carbocycles. The van der Waals surface area contributed by atoms with Crippen LogP contribution in [0.25, 0.3) is 0 Å². The molecule has 0 unspecified atom stereocenters. The molecule has 1 nitrogen and oxygen atoms in total. The summed E-state index contributed by atoms with van der Waals surface area (Å²) in [7, 11) is 4.97. The fraction of sp³-hybridized carbons (Fsp3) is 1.00. The molecule has 0 amide bonds. The summed E-state index contributed by atoms with van der Waals surface area (Å²) in [6.07, 6.45) is 70.9. The van der Waals surface area contributed by atoms with Crippen molar-refractivity contribution in [1.82, 2.24) is 0 Å². The Labute approximate surface area is 364 Å². The predicted molar refractivity (Wildman–Crippen MR) is 255 cm³/mol. The van der Waals surface area contributed by atoms with Crippen LogP contribution < -0.4 is 12.4 Å². The first-order chi connectivity index (χ1) is 27.1. The molecule has 56 heavy (non-hydrogen) atoms. The minimum Gasteiger partial charge on any atom is -1.00 e. The van der Waals surface area contributed by atoms with Crippen LogP contribution in [-0.2, 0) is 0 Å². The van der Waals surface area contributed by atoms with E-state index in [9.17, 15) is 0 Å². The number of nitrogens with zero attached hydrogens (tertiary/aromatic N) is 1. The van der Waals surface area contributed by atoms with E-state index >= 15 is 0 Å². The summed E-state index contributed by atoms with van der Waals surface area (Å²) in [6.45, 7) is 7.40. The van der Waals surface area contributed by atoms with Gasteiger partial charge in [0, 0.05) is 0 Å². The Kier molecular flexibility index (Phi) is 53.5. The number of quaternary nitrogens is 1. The van der Waals surface area contributed by atoms with E-state index in [0.717, 1.165) is 0 Å². The second-order valence-electron chi connectivity index (χ2n) is 19.6. The molecule has 0 fully saturated rings. The minimum absolute atomic E-state index is 0. The first-order valence-electron chi connectivity index (χ1n) is 26.9. The highest BCUT2D eigenvalue weighted by Gasteiger charge is 2.13. The van der Waals surface area contributed by atoms with E-state index in [1.54, 1.807) is 0 Å². The summed E-state index contributed by atoms with van der Waals surface area (Å²) in [6, 6.07) is 0. The van der Waals surface area contributed by atoms with E-state index in [1.165, 1.54) is 326 Å². The van der Waals surface area contributed by atoms with E-state index in [4.69, 9.17) is 0 Å². The molecule has 0 N–H and O–H groups in total. The maximum absolute atomic E-state index is 2.48. The van der Waals surface area contributed by atoms with Crippen LogP contribution >= 0.6 is 0 Å². The van der Waals surface area contributed by atoms with E-state index in [0.29, 0.717) is 0 Å². The molecule has 0 aliphatic rings. The first kappa shape index (κ1) is 58.3. The highest BCUT2D eigenvalue weighted by Crippen LogP contribution is 2.18. The average Bonchev–Trinajstić information content (AvgIpc) is 3.18. The quantitative estimate of drug-likeness (QED) is 0.0424. The standard InChI is InChI=1S/C54H112N.ClH/c1-5-7-9-11-13-15-17-19-21-23-25-27-29-31-33-35-37-39-41-43-45-47-49-51-53-55(3,4)54-52-50-48-46-44-42-40-38-36-34-32-30-28-26-24-22-20-18-16-14-12-10-8-6-2;/h5-54H2,1-4H3;1H/q+1;/p-1. The Morgan fingerprint density at radius 1 is 0.179 bits per heavy atom. The van der Waals surface area contributed by atoms with Gasteiger partial charge in [-0.25, -0.2) is 0 Å². The molecule has 0 radical (unpaired) electrons. The fourth-order valence-corrected chi connectivity index (χ4v) is 9.12. The van der Waals surface area contributed by atoms with Crippen molar-refractivity contribution < 1.29 is 16.9 Å². The Morgan fingerprint density at radius 3 is 0.411 bits per heavy atom. The maximum Gasteiger partial charge on any atom is 0.0782 e. The SMILES string of the molecule is CCCCCCCCCCCCCCCCCCCCCCCCCC[N+](C)(C)CCCCCCCCCCCCCCCCCCCCCCCCCC.[Cl-]. The third kappa shape index (κ3) is 52.3. The van der Waals surface area contributed by atoms with Gasteiger partial charge in [0.25, 0.3) is 0 Å². The van der Waals surface area contributed by atoms with E-state index in [-0.39, 0.29) is 12.4 Å². The Balaban J connectivity index is 0. The van der Waals surface area contributed by atoms with Crippen LogP contribution in [0.3, 0.4) is 0 Å². The highest BCUT2D eigenvalue weighted by molar-refractivity contribution is 4.54. The van der Waals surface area contributed by atoms with Crippen molar-refractivity contribution in [3.63, 3.8) is 0 Å². The van der Waals surface area contributed by atoms with Crippen LogP contribution in [-0.4, -0.2) is 31.7 Å². The second kappa shape index (κ2) is 51.4. The van der Waals surface area contributed by atoms with Gasteiger partial charge in [0.05, 0.1) is 27.2 Å². The van der Waals surface area contributed by atoms with Gasteiger partial charge in [-0.2, -0.15) is 0 Å². The molecule has 0 aromatic heterocycles. The van der Waals surface area contributed by atoms with Crippen LogP contribution in [0, 0.1) is 0 Å². The molecule has 0 saturated heterocycles. The number of unbranched alkanes of at least 4 members (excludes halogenated alkanes) is 46. The number of rotatable bonds is 50. The van der Waals surface area contributed by atoms with Crippen LogP contribution in [0.1, 0.15) is 322 Å². The Morgan fingerprint density at radius 2 is 0.286 bits per heavy atom. The van der Waals surface area contributed by atoms with Crippen molar-refractivity contribution in [1.29, 1.82) is 0 Å². The summed E-state index contributed by atoms with van der Waals surface area (Å²) in [5.74, 6) is 0. The zero-order valence-corrected chi connectivity index (χ0v) is 40.9. The molecular weight excluding hydrogens is 698 g/mol. The van der Waals surface area contributed by atoms with Gasteiger partial charge in [-0.1, -0.05) is 296 Å². The van der Waals surface area contributed by atoms with Crippen LogP contribution in [0.5, 0.6) is 0 Å². The van der Waals surface area contributed by atoms with Gasteiger partial charge in [0.1, 0.15) is 0 Å². The van der Waals surface area contributed by atoms with E-state index < -0.39 is 0 Å². The third-order valence-electron chi connectivity index (χ3n) is 13.2. The molecular formula is C54H112ClN. The Hall–Kier alpha value is 0.250. The van der Waals surface area contributed by atoms with Crippen LogP contribution in [0.4, 0.5) is 0 Å². The molecule has 0 aliphatic carbocycles. The van der Waals surface area contributed by atoms with Crippen molar-refractivity contribution in [3.05, 3.63) is 0 Å². The van der Waals surface area contributed by atoms with Crippen molar-refractivity contribution in [2.24, 2.45) is 0 Å². The van der Waals surface area contributed by atoms with Gasteiger partial charge in [0.2, 0.25) is 0 Å². The largest absolute Gasteiger partial charge is 1.00 e. The average molecular weight is 811 g/mol. The second-order valence-corrected chi connectivity index (χ2v) is 19.6. The molecule has 0 spiro atoms. The molecule has 0 bridgehead atoms. The highest BCUT2D eigenvalue weighted by atomic mass is 35.5. The number of hydrogen-bond donors (Lipinski definition) is 0. The van der Waals surface area contributed by atoms with Crippen molar-refractivity contribution in [3.8, 4) is 0 Å². The van der Waals surface area contributed by atoms with Crippen LogP contribution in [0.2, 0.25) is 0 Å². The topological polar surface area (TPSA) is 0 Å². The maximum atomic E-state index is 2.48. The molecule has 0 rings (SSSR count). The predicted octanol–water partition coefficient (Wildman–Crippen LogP) is 16.8. The van der Waals surface area contributed by atoms with Gasteiger partial charge in [-0.3, -0.25) is 0 Å². The molecule has 0 aliphatic heterocycles. The molecule has 340 valence electrons. The lowest BCUT2D eigenvalue weighted by Crippen LogP contribution is -3.00. The van der Waals surface area contributed by atoms with E-state index in [1.807, 2.05) is 0 Å². The lowest BCUT2D eigenvalue weighted by Gasteiger charge is -2.30. The van der Waals surface area contributed by atoms with Crippen molar-refractivity contribution in [2.75, 3.05) is 27.2 Å². The van der Waals surface area contributed by atoms with Crippen molar-refractivity contribution in [2.45, 2.75) is 322 Å². The van der Waals surface area contributed by atoms with Gasteiger partial charge < -0.3 is 16.9 Å². The molecule has 0 heterocycles. The first-order valence-corrected chi connectivity index (χ1v) is 26.9. The third-order valence-corrected chi connectivity index (χ3v) is 13.2. The normalized spacial score (nSPS) is 11.8. The zero-order chi connectivity index (χ0) is 39.9. The van der Waals surface area contributed by atoms with Gasteiger partial charge in [0.15, 0.2) is 0 Å². The molecule has 0 aromatic rings. The summed E-state index contributed by atoms with van der Waals surface area (Å²) < 4.78 is 1.25. The molecule has 0 atom stereocenters. The monoisotopic (exact) mass is 810 g/mol. The minimum atomic E-state index is 0. The zero-order valence-electron chi connectivity index (χ0n) is 40.2.